The standard InChI is InChI=1S/C19H22F3N5O/c20-19(21,22)16-9-10-17(25-24-16)23-13-5-7-14(8-6-13)27-18(28)11-12-3-1-2-4-15(12)26-27/h9-11,13-14H,1-8H2,(H,23,25). The van der Waals surface area contributed by atoms with Gasteiger partial charge in [-0.15, -0.1) is 10.2 Å². The van der Waals surface area contributed by atoms with Crippen molar-refractivity contribution in [2.45, 2.75) is 69.6 Å². The lowest BCUT2D eigenvalue weighted by molar-refractivity contribution is -0.141. The molecule has 0 aromatic carbocycles. The number of fused-ring (bicyclic) bond motifs is 1. The highest BCUT2D eigenvalue weighted by molar-refractivity contribution is 5.34. The van der Waals surface area contributed by atoms with Gasteiger partial charge < -0.3 is 5.32 Å². The van der Waals surface area contributed by atoms with Crippen molar-refractivity contribution in [3.05, 3.63) is 45.5 Å². The van der Waals surface area contributed by atoms with Gasteiger partial charge in [-0.1, -0.05) is 0 Å². The second kappa shape index (κ2) is 7.52. The number of rotatable bonds is 3. The number of alkyl halides is 3. The van der Waals surface area contributed by atoms with Gasteiger partial charge in [-0.2, -0.15) is 18.3 Å². The summed E-state index contributed by atoms with van der Waals surface area (Å²) in [6, 6.07) is 4.13. The zero-order chi connectivity index (χ0) is 19.7. The van der Waals surface area contributed by atoms with Gasteiger partial charge in [0, 0.05) is 12.1 Å². The van der Waals surface area contributed by atoms with Gasteiger partial charge in [0.1, 0.15) is 5.82 Å². The molecule has 1 saturated carbocycles. The lowest BCUT2D eigenvalue weighted by atomic mass is 9.91. The molecule has 6 nitrogen and oxygen atoms in total. The van der Waals surface area contributed by atoms with Crippen molar-refractivity contribution in [1.29, 1.82) is 0 Å². The van der Waals surface area contributed by atoms with Gasteiger partial charge in [-0.25, -0.2) is 4.68 Å². The van der Waals surface area contributed by atoms with Crippen LogP contribution in [0.25, 0.3) is 0 Å². The smallest absolute Gasteiger partial charge is 0.366 e. The third-order valence-corrected chi connectivity index (χ3v) is 5.58. The minimum atomic E-state index is -4.49. The molecule has 0 amide bonds. The van der Waals surface area contributed by atoms with E-state index in [0.717, 1.165) is 68.7 Å². The average molecular weight is 393 g/mol. The molecule has 0 radical (unpaired) electrons. The maximum atomic E-state index is 12.6. The predicted octanol–water partition coefficient (Wildman–Crippen LogP) is 3.53. The van der Waals surface area contributed by atoms with E-state index in [9.17, 15) is 18.0 Å². The molecule has 1 fully saturated rings. The molecule has 0 saturated heterocycles. The molecule has 0 atom stereocenters. The van der Waals surface area contributed by atoms with Gasteiger partial charge in [0.05, 0.1) is 11.7 Å². The Hall–Kier alpha value is -2.45. The average Bonchev–Trinajstić information content (AvgIpc) is 2.68. The summed E-state index contributed by atoms with van der Waals surface area (Å²) in [5, 5.41) is 14.6. The molecule has 0 aliphatic heterocycles. The minimum absolute atomic E-state index is 0.0364. The van der Waals surface area contributed by atoms with Crippen molar-refractivity contribution in [1.82, 2.24) is 20.0 Å². The Bertz CT molecular complexity index is 886. The summed E-state index contributed by atoms with van der Waals surface area (Å²) < 4.78 is 39.3. The minimum Gasteiger partial charge on any atom is -0.366 e. The van der Waals surface area contributed by atoms with E-state index in [1.54, 1.807) is 10.7 Å². The molecular formula is C19H22F3N5O. The van der Waals surface area contributed by atoms with Crippen LogP contribution in [0.1, 0.15) is 61.5 Å². The summed E-state index contributed by atoms with van der Waals surface area (Å²) in [6.07, 6.45) is 2.76. The summed E-state index contributed by atoms with van der Waals surface area (Å²) in [5.74, 6) is 0.334. The summed E-state index contributed by atoms with van der Waals surface area (Å²) >= 11 is 0. The second-order valence-corrected chi connectivity index (χ2v) is 7.56. The molecule has 0 unspecified atom stereocenters. The van der Waals surface area contributed by atoms with E-state index in [1.807, 2.05) is 0 Å². The van der Waals surface area contributed by atoms with E-state index in [0.29, 0.717) is 5.82 Å². The van der Waals surface area contributed by atoms with Crippen molar-refractivity contribution in [3.63, 3.8) is 0 Å². The van der Waals surface area contributed by atoms with E-state index in [2.05, 4.69) is 20.6 Å². The van der Waals surface area contributed by atoms with E-state index >= 15 is 0 Å². The molecule has 28 heavy (non-hydrogen) atoms. The van der Waals surface area contributed by atoms with Crippen molar-refractivity contribution in [3.8, 4) is 0 Å². The third kappa shape index (κ3) is 4.02. The van der Waals surface area contributed by atoms with Crippen LogP contribution in [-0.2, 0) is 19.0 Å². The molecule has 2 aromatic rings. The molecule has 2 aromatic heterocycles. The van der Waals surface area contributed by atoms with Gasteiger partial charge in [0.2, 0.25) is 0 Å². The highest BCUT2D eigenvalue weighted by Crippen LogP contribution is 2.30. The van der Waals surface area contributed by atoms with E-state index in [-0.39, 0.29) is 17.6 Å². The van der Waals surface area contributed by atoms with Gasteiger partial charge in [0.15, 0.2) is 5.69 Å². The maximum absolute atomic E-state index is 12.6. The molecular weight excluding hydrogens is 371 g/mol. The lowest BCUT2D eigenvalue weighted by Gasteiger charge is -2.30. The monoisotopic (exact) mass is 393 g/mol. The lowest BCUT2D eigenvalue weighted by Crippen LogP contribution is -2.34. The first-order chi connectivity index (χ1) is 13.4. The van der Waals surface area contributed by atoms with Crippen molar-refractivity contribution in [2.24, 2.45) is 0 Å². The Morgan fingerprint density at radius 1 is 1.04 bits per heavy atom. The van der Waals surface area contributed by atoms with Crippen LogP contribution >= 0.6 is 0 Å². The first-order valence-electron chi connectivity index (χ1n) is 9.69. The largest absolute Gasteiger partial charge is 0.435 e. The fourth-order valence-electron chi connectivity index (χ4n) is 4.07. The van der Waals surface area contributed by atoms with E-state index < -0.39 is 11.9 Å². The topological polar surface area (TPSA) is 72.7 Å². The molecule has 4 rings (SSSR count). The Labute approximate surface area is 160 Å². The summed E-state index contributed by atoms with van der Waals surface area (Å²) in [4.78, 5) is 12.5. The van der Waals surface area contributed by atoms with E-state index in [1.165, 1.54) is 6.07 Å². The van der Waals surface area contributed by atoms with Crippen LogP contribution in [0.3, 0.4) is 0 Å². The van der Waals surface area contributed by atoms with Crippen LogP contribution in [0.4, 0.5) is 19.0 Å². The molecule has 0 bridgehead atoms. The number of aromatic nitrogens is 4. The predicted molar refractivity (Wildman–Crippen MR) is 97.1 cm³/mol. The number of nitrogens with one attached hydrogen (secondary N) is 1. The molecule has 2 aliphatic rings. The summed E-state index contributed by atoms with van der Waals surface area (Å²) in [7, 11) is 0. The quantitative estimate of drug-likeness (QED) is 0.864. The molecule has 0 spiro atoms. The van der Waals surface area contributed by atoms with Crippen LogP contribution < -0.4 is 10.9 Å². The number of nitrogens with zero attached hydrogens (tertiary/aromatic N) is 4. The zero-order valence-electron chi connectivity index (χ0n) is 15.4. The summed E-state index contributed by atoms with van der Waals surface area (Å²) in [6.45, 7) is 0. The maximum Gasteiger partial charge on any atom is 0.435 e. The first-order valence-corrected chi connectivity index (χ1v) is 9.69. The first kappa shape index (κ1) is 18.9. The SMILES string of the molecule is O=c1cc2c(nn1C1CCC(Nc3ccc(C(F)(F)F)nn3)CC1)CCCC2. The van der Waals surface area contributed by atoms with Gasteiger partial charge in [0.25, 0.3) is 5.56 Å². The van der Waals surface area contributed by atoms with Crippen LogP contribution in [0.5, 0.6) is 0 Å². The number of hydrogen-bond acceptors (Lipinski definition) is 5. The molecule has 2 heterocycles. The van der Waals surface area contributed by atoms with Gasteiger partial charge in [-0.3, -0.25) is 4.79 Å². The zero-order valence-corrected chi connectivity index (χ0v) is 15.4. The van der Waals surface area contributed by atoms with Gasteiger partial charge >= 0.3 is 6.18 Å². The number of aryl methyl sites for hydroxylation is 2. The van der Waals surface area contributed by atoms with Crippen molar-refractivity contribution >= 4 is 5.82 Å². The Balaban J connectivity index is 1.38. The summed E-state index contributed by atoms with van der Waals surface area (Å²) in [5.41, 5.74) is 1.10. The normalized spacial score (nSPS) is 22.5. The molecule has 1 N–H and O–H groups in total. The number of hydrogen-bond donors (Lipinski definition) is 1. The van der Waals surface area contributed by atoms with Gasteiger partial charge in [-0.05, 0) is 69.1 Å². The Morgan fingerprint density at radius 2 is 1.79 bits per heavy atom. The van der Waals surface area contributed by atoms with Crippen LogP contribution in [0.15, 0.2) is 23.0 Å². The van der Waals surface area contributed by atoms with Crippen LogP contribution in [0, 0.1) is 0 Å². The highest BCUT2D eigenvalue weighted by atomic mass is 19.4. The van der Waals surface area contributed by atoms with Crippen molar-refractivity contribution in [2.75, 3.05) is 5.32 Å². The second-order valence-electron chi connectivity index (χ2n) is 7.56. The molecule has 2 aliphatic carbocycles. The third-order valence-electron chi connectivity index (χ3n) is 5.58. The van der Waals surface area contributed by atoms with E-state index in [4.69, 9.17) is 0 Å². The molecule has 9 heteroatoms. The fraction of sp³-hybridized carbons (Fsp3) is 0.579. The highest BCUT2D eigenvalue weighted by Gasteiger charge is 2.33. The van der Waals surface area contributed by atoms with Crippen molar-refractivity contribution < 1.29 is 13.2 Å². The number of halogens is 3. The number of anilines is 1. The Kier molecular flexibility index (Phi) is 5.07. The molecule has 150 valence electrons. The van der Waals surface area contributed by atoms with Crippen LogP contribution in [-0.4, -0.2) is 26.0 Å². The Morgan fingerprint density at radius 3 is 2.46 bits per heavy atom. The van der Waals surface area contributed by atoms with Crippen LogP contribution in [0.2, 0.25) is 0 Å². The fourth-order valence-corrected chi connectivity index (χ4v) is 4.07.